The van der Waals surface area contributed by atoms with Gasteiger partial charge in [0.2, 0.25) is 0 Å². The van der Waals surface area contributed by atoms with Crippen LogP contribution in [0.5, 0.6) is 5.75 Å². The third-order valence-electron chi connectivity index (χ3n) is 1.34. The van der Waals surface area contributed by atoms with E-state index in [-0.39, 0.29) is 5.82 Å². The summed E-state index contributed by atoms with van der Waals surface area (Å²) in [6.07, 6.45) is 0. The fourth-order valence-corrected chi connectivity index (χ4v) is 0.831. The summed E-state index contributed by atoms with van der Waals surface area (Å²) in [5, 5.41) is 10.3. The maximum Gasteiger partial charge on any atom is 0.367 e. The largest absolute Gasteiger partial charge is 0.496 e. The Balaban J connectivity index is 3.15. The van der Waals surface area contributed by atoms with Gasteiger partial charge in [0.25, 0.3) is 0 Å². The van der Waals surface area contributed by atoms with Crippen LogP contribution < -0.4 is 4.74 Å². The fraction of sp³-hybridized carbons (Fsp3) is 0.286. The van der Waals surface area contributed by atoms with E-state index >= 15 is 0 Å². The van der Waals surface area contributed by atoms with Gasteiger partial charge in [-0.05, 0) is 9.91 Å². The molecular weight excluding hydrogens is 160 g/mol. The molecule has 5 nitrogen and oxygen atoms in total. The van der Waals surface area contributed by atoms with Gasteiger partial charge in [0.15, 0.2) is 5.69 Å². The number of methoxy groups -OCH3 is 1. The second-order valence-electron chi connectivity index (χ2n) is 2.26. The molecule has 0 aromatic carbocycles. The van der Waals surface area contributed by atoms with Crippen LogP contribution in [0.3, 0.4) is 0 Å². The van der Waals surface area contributed by atoms with Gasteiger partial charge in [-0.2, -0.15) is 0 Å². The summed E-state index contributed by atoms with van der Waals surface area (Å²) in [5.41, 5.74) is 0.570. The summed E-state index contributed by atoms with van der Waals surface area (Å²) < 4.78 is 4.84. The third kappa shape index (κ3) is 1.69. The molecule has 1 heterocycles. The van der Waals surface area contributed by atoms with Crippen LogP contribution in [0.15, 0.2) is 12.1 Å². The number of nitro groups is 1. The minimum Gasteiger partial charge on any atom is -0.496 e. The number of hydrogen-bond donors (Lipinski definition) is 0. The lowest BCUT2D eigenvalue weighted by Crippen LogP contribution is -1.95. The fourth-order valence-electron chi connectivity index (χ4n) is 0.831. The standard InChI is InChI=1S/C7H8N2O3/c1-5-3-6(12-2)4-7(8-5)9(10)11/h3-4H,1-2H3. The Morgan fingerprint density at radius 1 is 1.58 bits per heavy atom. The Hall–Kier alpha value is -1.65. The first-order valence-electron chi connectivity index (χ1n) is 3.30. The molecule has 12 heavy (non-hydrogen) atoms. The molecule has 0 amide bonds. The molecule has 0 unspecified atom stereocenters. The van der Waals surface area contributed by atoms with Gasteiger partial charge in [-0.3, -0.25) is 0 Å². The van der Waals surface area contributed by atoms with Gasteiger partial charge in [0.05, 0.1) is 13.2 Å². The summed E-state index contributed by atoms with van der Waals surface area (Å²) >= 11 is 0. The lowest BCUT2D eigenvalue weighted by Gasteiger charge is -1.98. The van der Waals surface area contributed by atoms with Gasteiger partial charge < -0.3 is 14.9 Å². The molecule has 0 spiro atoms. The first kappa shape index (κ1) is 8.45. The van der Waals surface area contributed by atoms with Crippen molar-refractivity contribution in [3.05, 3.63) is 27.9 Å². The molecule has 1 aromatic rings. The van der Waals surface area contributed by atoms with Crippen LogP contribution in [0.2, 0.25) is 0 Å². The minimum atomic E-state index is -0.546. The zero-order valence-electron chi connectivity index (χ0n) is 6.77. The number of rotatable bonds is 2. The minimum absolute atomic E-state index is 0.188. The van der Waals surface area contributed by atoms with Crippen molar-refractivity contribution in [1.82, 2.24) is 4.98 Å². The second kappa shape index (κ2) is 3.17. The molecule has 0 radical (unpaired) electrons. The lowest BCUT2D eigenvalue weighted by atomic mass is 10.3. The Kier molecular flexibility index (Phi) is 2.23. The summed E-state index contributed by atoms with van der Waals surface area (Å²) in [6, 6.07) is 2.92. The average molecular weight is 168 g/mol. The molecule has 5 heteroatoms. The van der Waals surface area contributed by atoms with Crippen LogP contribution in [0.4, 0.5) is 5.82 Å². The lowest BCUT2D eigenvalue weighted by molar-refractivity contribution is -0.389. The van der Waals surface area contributed by atoms with E-state index < -0.39 is 4.92 Å². The first-order valence-corrected chi connectivity index (χ1v) is 3.30. The number of aromatic nitrogens is 1. The molecule has 0 N–H and O–H groups in total. The monoisotopic (exact) mass is 168 g/mol. The highest BCUT2D eigenvalue weighted by Gasteiger charge is 2.10. The van der Waals surface area contributed by atoms with Crippen molar-refractivity contribution < 1.29 is 9.66 Å². The average Bonchev–Trinajstić information content (AvgIpc) is 2.03. The molecule has 64 valence electrons. The van der Waals surface area contributed by atoms with Crippen molar-refractivity contribution >= 4 is 5.82 Å². The normalized spacial score (nSPS) is 9.50. The quantitative estimate of drug-likeness (QED) is 0.493. The van der Waals surface area contributed by atoms with Crippen molar-refractivity contribution in [3.8, 4) is 5.75 Å². The summed E-state index contributed by atoms with van der Waals surface area (Å²) in [4.78, 5) is 13.5. The first-order chi connectivity index (χ1) is 5.63. The highest BCUT2D eigenvalue weighted by molar-refractivity contribution is 5.33. The Bertz CT molecular complexity index is 312. The van der Waals surface area contributed by atoms with Gasteiger partial charge in [0.1, 0.15) is 5.75 Å². The zero-order valence-corrected chi connectivity index (χ0v) is 6.77. The van der Waals surface area contributed by atoms with E-state index in [1.807, 2.05) is 0 Å². The van der Waals surface area contributed by atoms with Crippen LogP contribution in [0.1, 0.15) is 5.69 Å². The second-order valence-corrected chi connectivity index (χ2v) is 2.26. The van der Waals surface area contributed by atoms with Gasteiger partial charge in [-0.15, -0.1) is 0 Å². The number of nitrogens with zero attached hydrogens (tertiary/aromatic N) is 2. The number of aryl methyl sites for hydroxylation is 1. The van der Waals surface area contributed by atoms with Crippen molar-refractivity contribution in [1.29, 1.82) is 0 Å². The molecule has 0 atom stereocenters. The Morgan fingerprint density at radius 2 is 2.25 bits per heavy atom. The van der Waals surface area contributed by atoms with Crippen LogP contribution in [-0.2, 0) is 0 Å². The van der Waals surface area contributed by atoms with Gasteiger partial charge in [0, 0.05) is 13.0 Å². The molecular formula is C7H8N2O3. The smallest absolute Gasteiger partial charge is 0.367 e. The van der Waals surface area contributed by atoms with Crippen molar-refractivity contribution in [2.45, 2.75) is 6.92 Å². The van der Waals surface area contributed by atoms with Gasteiger partial charge in [-0.25, -0.2) is 0 Å². The molecule has 0 aliphatic rings. The molecule has 0 aliphatic carbocycles. The van der Waals surface area contributed by atoms with Crippen LogP contribution in [-0.4, -0.2) is 17.0 Å². The number of ether oxygens (including phenoxy) is 1. The summed E-state index contributed by atoms with van der Waals surface area (Å²) in [6.45, 7) is 1.68. The van der Waals surface area contributed by atoms with Crippen molar-refractivity contribution in [2.75, 3.05) is 7.11 Å². The van der Waals surface area contributed by atoms with Crippen molar-refractivity contribution in [3.63, 3.8) is 0 Å². The Labute approximate surface area is 69.1 Å². The van der Waals surface area contributed by atoms with Gasteiger partial charge in [-0.1, -0.05) is 0 Å². The van der Waals surface area contributed by atoms with E-state index in [2.05, 4.69) is 4.98 Å². The van der Waals surface area contributed by atoms with E-state index in [9.17, 15) is 10.1 Å². The van der Waals surface area contributed by atoms with Crippen LogP contribution in [0.25, 0.3) is 0 Å². The van der Waals surface area contributed by atoms with E-state index in [1.54, 1.807) is 13.0 Å². The molecule has 0 bridgehead atoms. The third-order valence-corrected chi connectivity index (χ3v) is 1.34. The number of pyridine rings is 1. The molecule has 0 saturated heterocycles. The predicted octanol–water partition coefficient (Wildman–Crippen LogP) is 1.31. The molecule has 1 rings (SSSR count). The van der Waals surface area contributed by atoms with E-state index in [4.69, 9.17) is 4.74 Å². The summed E-state index contributed by atoms with van der Waals surface area (Å²) in [5.74, 6) is 0.265. The maximum absolute atomic E-state index is 10.3. The molecule has 0 aliphatic heterocycles. The van der Waals surface area contributed by atoms with Gasteiger partial charge >= 0.3 is 5.82 Å². The number of hydrogen-bond acceptors (Lipinski definition) is 4. The SMILES string of the molecule is COc1cc(C)nc([N+](=O)[O-])c1. The molecule has 1 aromatic heterocycles. The van der Waals surface area contributed by atoms with Crippen LogP contribution >= 0.6 is 0 Å². The molecule has 0 fully saturated rings. The highest BCUT2D eigenvalue weighted by Crippen LogP contribution is 2.17. The molecule has 0 saturated carbocycles. The predicted molar refractivity (Wildman–Crippen MR) is 42.2 cm³/mol. The zero-order chi connectivity index (χ0) is 9.14. The van der Waals surface area contributed by atoms with E-state index in [0.29, 0.717) is 11.4 Å². The Morgan fingerprint density at radius 3 is 2.75 bits per heavy atom. The topological polar surface area (TPSA) is 65.3 Å². The van der Waals surface area contributed by atoms with Crippen molar-refractivity contribution in [2.24, 2.45) is 0 Å². The van der Waals surface area contributed by atoms with E-state index in [0.717, 1.165) is 0 Å². The van der Waals surface area contributed by atoms with Crippen LogP contribution in [0, 0.1) is 17.0 Å². The summed E-state index contributed by atoms with van der Waals surface area (Å²) in [7, 11) is 1.46. The highest BCUT2D eigenvalue weighted by atomic mass is 16.6. The van der Waals surface area contributed by atoms with E-state index in [1.165, 1.54) is 13.2 Å². The maximum atomic E-state index is 10.3.